The van der Waals surface area contributed by atoms with E-state index in [9.17, 15) is 18.0 Å². The average molecular weight is 374 g/mol. The maximum absolute atomic E-state index is 12.4. The Balaban J connectivity index is 2.89. The van der Waals surface area contributed by atoms with E-state index in [2.05, 4.69) is 10.0 Å². The van der Waals surface area contributed by atoms with E-state index in [4.69, 9.17) is 14.6 Å². The summed E-state index contributed by atoms with van der Waals surface area (Å²) in [5.41, 5.74) is 0.865. The van der Waals surface area contributed by atoms with Crippen molar-refractivity contribution in [3.8, 4) is 0 Å². The van der Waals surface area contributed by atoms with E-state index in [-0.39, 0.29) is 11.4 Å². The molecule has 1 atom stereocenters. The lowest BCUT2D eigenvalue weighted by Gasteiger charge is -2.19. The second-order valence-corrected chi connectivity index (χ2v) is 6.94. The molecule has 3 N–H and O–H groups in total. The summed E-state index contributed by atoms with van der Waals surface area (Å²) in [4.78, 5) is 23.1. The third-order valence-corrected chi connectivity index (χ3v) is 4.78. The first-order chi connectivity index (χ1) is 11.7. The largest absolute Gasteiger partial charge is 0.481 e. The van der Waals surface area contributed by atoms with Crippen molar-refractivity contribution in [1.29, 1.82) is 0 Å². The maximum Gasteiger partial charge on any atom is 0.305 e. The van der Waals surface area contributed by atoms with Gasteiger partial charge in [-0.15, -0.1) is 0 Å². The highest BCUT2D eigenvalue weighted by molar-refractivity contribution is 7.89. The number of hydrogen-bond acceptors (Lipinski definition) is 6. The summed E-state index contributed by atoms with van der Waals surface area (Å²) in [6.45, 7) is 1.74. The number of benzene rings is 1. The number of aliphatic carboxylic acids is 1. The molecule has 1 aromatic rings. The highest BCUT2D eigenvalue weighted by atomic mass is 32.2. The number of sulfonamides is 1. The van der Waals surface area contributed by atoms with Crippen LogP contribution in [0.1, 0.15) is 12.0 Å². The van der Waals surface area contributed by atoms with Crippen LogP contribution in [-0.4, -0.2) is 58.5 Å². The molecule has 10 heteroatoms. The summed E-state index contributed by atoms with van der Waals surface area (Å²) in [5, 5.41) is 11.3. The first-order valence-electron chi connectivity index (χ1n) is 7.33. The number of carboxylic acid groups (broad SMARTS) is 1. The van der Waals surface area contributed by atoms with Crippen LogP contribution in [0.25, 0.3) is 0 Å². The number of carbonyl (C=O) groups is 2. The van der Waals surface area contributed by atoms with Crippen LogP contribution in [0.2, 0.25) is 0 Å². The van der Waals surface area contributed by atoms with Gasteiger partial charge in [-0.25, -0.2) is 8.42 Å². The summed E-state index contributed by atoms with van der Waals surface area (Å²) in [6, 6.07) is 4.47. The van der Waals surface area contributed by atoms with E-state index in [1.165, 1.54) is 26.4 Å². The fraction of sp³-hybridized carbons (Fsp3) is 0.467. The summed E-state index contributed by atoms with van der Waals surface area (Å²) >= 11 is 0. The molecule has 0 aromatic heterocycles. The van der Waals surface area contributed by atoms with Crippen LogP contribution in [0, 0.1) is 6.92 Å². The molecule has 0 saturated heterocycles. The average Bonchev–Trinajstić information content (AvgIpc) is 2.54. The van der Waals surface area contributed by atoms with E-state index in [0.29, 0.717) is 0 Å². The molecule has 0 radical (unpaired) electrons. The standard InChI is InChI=1S/C15H22N2O7S/c1-10-4-6-11(7-5-10)25(21,22)17-12(8-13(18)19)15(20)16-9-14(23-2)24-3/h4-7,12,14,17H,8-9H2,1-3H3,(H,16,20)(H,18,19). The molecule has 0 spiro atoms. The minimum absolute atomic E-state index is 0.0613. The molecule has 0 fully saturated rings. The van der Waals surface area contributed by atoms with E-state index in [1.807, 2.05) is 0 Å². The van der Waals surface area contributed by atoms with E-state index in [1.54, 1.807) is 19.1 Å². The molecule has 0 aliphatic heterocycles. The van der Waals surface area contributed by atoms with Gasteiger partial charge in [0, 0.05) is 14.2 Å². The molecule has 0 saturated carbocycles. The van der Waals surface area contributed by atoms with Gasteiger partial charge in [0.05, 0.1) is 17.9 Å². The zero-order valence-corrected chi connectivity index (χ0v) is 15.0. The number of amides is 1. The Hall–Kier alpha value is -2.01. The van der Waals surface area contributed by atoms with Gasteiger partial charge in [0.15, 0.2) is 6.29 Å². The second-order valence-electron chi connectivity index (χ2n) is 5.23. The maximum atomic E-state index is 12.4. The number of methoxy groups -OCH3 is 2. The summed E-state index contributed by atoms with van der Waals surface area (Å²) in [7, 11) is -1.31. The van der Waals surface area contributed by atoms with Gasteiger partial charge >= 0.3 is 5.97 Å². The van der Waals surface area contributed by atoms with Crippen molar-refractivity contribution in [2.24, 2.45) is 0 Å². The van der Waals surface area contributed by atoms with Crippen LogP contribution in [0.15, 0.2) is 29.2 Å². The highest BCUT2D eigenvalue weighted by Crippen LogP contribution is 2.11. The second kappa shape index (κ2) is 9.47. The molecule has 1 aromatic carbocycles. The molecule has 1 unspecified atom stereocenters. The van der Waals surface area contributed by atoms with Gasteiger partial charge in [-0.3, -0.25) is 9.59 Å². The minimum atomic E-state index is -4.05. The number of aryl methyl sites for hydroxylation is 1. The van der Waals surface area contributed by atoms with Gasteiger partial charge in [-0.1, -0.05) is 17.7 Å². The summed E-state index contributed by atoms with van der Waals surface area (Å²) < 4.78 is 36.6. The molecule has 9 nitrogen and oxygen atoms in total. The third-order valence-electron chi connectivity index (χ3n) is 3.29. The van der Waals surface area contributed by atoms with Crippen molar-refractivity contribution in [3.05, 3.63) is 29.8 Å². The Kier molecular flexibility index (Phi) is 7.97. The number of rotatable bonds is 10. The van der Waals surface area contributed by atoms with Crippen LogP contribution in [0.5, 0.6) is 0 Å². The quantitative estimate of drug-likeness (QED) is 0.485. The fourth-order valence-corrected chi connectivity index (χ4v) is 3.10. The lowest BCUT2D eigenvalue weighted by molar-refractivity contribution is -0.140. The van der Waals surface area contributed by atoms with Gasteiger partial charge in [0.25, 0.3) is 0 Å². The van der Waals surface area contributed by atoms with Crippen LogP contribution in [-0.2, 0) is 29.1 Å². The Morgan fingerprint density at radius 2 is 1.72 bits per heavy atom. The summed E-state index contributed by atoms with van der Waals surface area (Å²) in [5.74, 6) is -2.11. The third kappa shape index (κ3) is 6.78. The molecule has 25 heavy (non-hydrogen) atoms. The number of carbonyl (C=O) groups excluding carboxylic acids is 1. The van der Waals surface area contributed by atoms with Gasteiger partial charge in [-0.2, -0.15) is 4.72 Å². The molecule has 1 rings (SSSR count). The Morgan fingerprint density at radius 3 is 2.20 bits per heavy atom. The molecule has 1 amide bonds. The molecule has 0 aliphatic carbocycles. The smallest absolute Gasteiger partial charge is 0.305 e. The van der Waals surface area contributed by atoms with Gasteiger partial charge in [0.1, 0.15) is 6.04 Å². The molecule has 0 heterocycles. The lowest BCUT2D eigenvalue weighted by atomic mass is 10.2. The molecule has 140 valence electrons. The number of hydrogen-bond donors (Lipinski definition) is 3. The Morgan fingerprint density at radius 1 is 1.16 bits per heavy atom. The number of ether oxygens (including phenoxy) is 2. The fourth-order valence-electron chi connectivity index (χ4n) is 1.91. The monoisotopic (exact) mass is 374 g/mol. The normalized spacial score (nSPS) is 12.8. The first-order valence-corrected chi connectivity index (χ1v) is 8.82. The molecule has 0 bridgehead atoms. The van der Waals surface area contributed by atoms with Crippen LogP contribution in [0.3, 0.4) is 0 Å². The number of carboxylic acids is 1. The van der Waals surface area contributed by atoms with Gasteiger partial charge < -0.3 is 19.9 Å². The van der Waals surface area contributed by atoms with Crippen molar-refractivity contribution >= 4 is 21.9 Å². The van der Waals surface area contributed by atoms with Crippen molar-refractivity contribution in [1.82, 2.24) is 10.0 Å². The lowest BCUT2D eigenvalue weighted by Crippen LogP contribution is -2.49. The van der Waals surface area contributed by atoms with Crippen LogP contribution < -0.4 is 10.0 Å². The predicted molar refractivity (Wildman–Crippen MR) is 88.4 cm³/mol. The zero-order chi connectivity index (χ0) is 19.0. The molecule has 0 aliphatic rings. The Bertz CT molecular complexity index is 684. The first kappa shape index (κ1) is 21.0. The summed E-state index contributed by atoms with van der Waals surface area (Å²) in [6.07, 6.45) is -1.44. The van der Waals surface area contributed by atoms with Crippen molar-refractivity contribution in [2.45, 2.75) is 30.6 Å². The molecular weight excluding hydrogens is 352 g/mol. The highest BCUT2D eigenvalue weighted by Gasteiger charge is 2.28. The predicted octanol–water partition coefficient (Wildman–Crippen LogP) is -0.148. The SMILES string of the molecule is COC(CNC(=O)C(CC(=O)O)NS(=O)(=O)c1ccc(C)cc1)OC. The van der Waals surface area contributed by atoms with Crippen LogP contribution in [0.4, 0.5) is 0 Å². The Labute approximate surface area is 146 Å². The zero-order valence-electron chi connectivity index (χ0n) is 14.2. The molecular formula is C15H22N2O7S. The number of nitrogens with one attached hydrogen (secondary N) is 2. The van der Waals surface area contributed by atoms with E-state index < -0.39 is 40.7 Å². The van der Waals surface area contributed by atoms with E-state index in [0.717, 1.165) is 5.56 Å². The van der Waals surface area contributed by atoms with Gasteiger partial charge in [-0.05, 0) is 19.1 Å². The minimum Gasteiger partial charge on any atom is -0.481 e. The van der Waals surface area contributed by atoms with Crippen molar-refractivity contribution in [2.75, 3.05) is 20.8 Å². The van der Waals surface area contributed by atoms with Crippen LogP contribution >= 0.6 is 0 Å². The van der Waals surface area contributed by atoms with E-state index >= 15 is 0 Å². The van der Waals surface area contributed by atoms with Gasteiger partial charge in [0.2, 0.25) is 15.9 Å². The topological polar surface area (TPSA) is 131 Å². The van der Waals surface area contributed by atoms with Crippen molar-refractivity contribution < 1.29 is 32.6 Å². The van der Waals surface area contributed by atoms with Crippen molar-refractivity contribution in [3.63, 3.8) is 0 Å².